The van der Waals surface area contributed by atoms with E-state index in [2.05, 4.69) is 0 Å². The number of amides is 4. The average Bonchev–Trinajstić information content (AvgIpc) is 2.96. The van der Waals surface area contributed by atoms with Gasteiger partial charge in [0, 0.05) is 5.92 Å². The Morgan fingerprint density at radius 3 is 2.31 bits per heavy atom. The molecule has 7 heteroatoms. The second kappa shape index (κ2) is 8.12. The fourth-order valence-corrected chi connectivity index (χ4v) is 2.61. The first kappa shape index (κ1) is 19.6. The number of urea groups is 1. The minimum Gasteiger partial charge on any atom is -0.444 e. The molecule has 0 radical (unpaired) electrons. The fraction of sp³-hybridized carbons (Fsp3) is 0.474. The SMILES string of the molecule is CC(=O)C1CN(C(=O)OCc2ccccc2)C(=O)N1C(=O)C(C)C(C)C. The van der Waals surface area contributed by atoms with Crippen LogP contribution in [0.2, 0.25) is 0 Å². The van der Waals surface area contributed by atoms with Gasteiger partial charge in [-0.2, -0.15) is 0 Å². The standard InChI is InChI=1S/C19H24N2O5/c1-12(2)13(3)17(23)21-16(14(4)22)10-20(18(21)24)19(25)26-11-15-8-6-5-7-9-15/h5-9,12-13,16H,10-11H2,1-4H3. The third-order valence-corrected chi connectivity index (χ3v) is 4.63. The van der Waals surface area contributed by atoms with E-state index in [4.69, 9.17) is 4.74 Å². The number of rotatable bonds is 5. The highest BCUT2D eigenvalue weighted by molar-refractivity contribution is 6.07. The van der Waals surface area contributed by atoms with E-state index in [1.165, 1.54) is 6.92 Å². The maximum Gasteiger partial charge on any atom is 0.418 e. The first-order valence-corrected chi connectivity index (χ1v) is 8.59. The van der Waals surface area contributed by atoms with Crippen molar-refractivity contribution < 1.29 is 23.9 Å². The molecular weight excluding hydrogens is 336 g/mol. The van der Waals surface area contributed by atoms with Crippen molar-refractivity contribution in [1.29, 1.82) is 0 Å². The molecule has 0 saturated carbocycles. The quantitative estimate of drug-likeness (QED) is 0.806. The van der Waals surface area contributed by atoms with Crippen LogP contribution in [0.15, 0.2) is 30.3 Å². The van der Waals surface area contributed by atoms with Gasteiger partial charge in [-0.25, -0.2) is 14.5 Å². The Bertz CT molecular complexity index is 701. The smallest absolute Gasteiger partial charge is 0.418 e. The molecule has 0 aromatic heterocycles. The number of carbonyl (C=O) groups excluding carboxylic acids is 4. The first-order chi connectivity index (χ1) is 12.2. The monoisotopic (exact) mass is 360 g/mol. The highest BCUT2D eigenvalue weighted by Gasteiger charge is 2.48. The summed E-state index contributed by atoms with van der Waals surface area (Å²) in [5.74, 6) is -1.24. The minimum absolute atomic E-state index is 0.00184. The Labute approximate surface area is 152 Å². The van der Waals surface area contributed by atoms with Gasteiger partial charge < -0.3 is 4.74 Å². The number of ether oxygens (including phenoxy) is 1. The third kappa shape index (κ3) is 4.09. The van der Waals surface area contributed by atoms with Gasteiger partial charge in [-0.3, -0.25) is 14.5 Å². The van der Waals surface area contributed by atoms with Crippen LogP contribution in [0.25, 0.3) is 0 Å². The molecule has 1 aromatic rings. The molecule has 0 spiro atoms. The van der Waals surface area contributed by atoms with Crippen LogP contribution in [-0.4, -0.2) is 46.2 Å². The summed E-state index contributed by atoms with van der Waals surface area (Å²) in [6, 6.07) is 7.26. The van der Waals surface area contributed by atoms with E-state index in [-0.39, 0.29) is 24.9 Å². The second-order valence-corrected chi connectivity index (χ2v) is 6.80. The summed E-state index contributed by atoms with van der Waals surface area (Å²) in [7, 11) is 0. The molecule has 1 aliphatic rings. The summed E-state index contributed by atoms with van der Waals surface area (Å²) in [5.41, 5.74) is 0.775. The Kier molecular flexibility index (Phi) is 6.13. The van der Waals surface area contributed by atoms with E-state index in [0.717, 1.165) is 15.4 Å². The number of hydrogen-bond acceptors (Lipinski definition) is 5. The molecule has 4 amide bonds. The van der Waals surface area contributed by atoms with E-state index in [9.17, 15) is 19.2 Å². The molecule has 0 bridgehead atoms. The van der Waals surface area contributed by atoms with Crippen molar-refractivity contribution in [3.8, 4) is 0 Å². The van der Waals surface area contributed by atoms with Gasteiger partial charge in [0.2, 0.25) is 5.91 Å². The maximum absolute atomic E-state index is 12.6. The lowest BCUT2D eigenvalue weighted by Gasteiger charge is -2.24. The molecule has 26 heavy (non-hydrogen) atoms. The molecule has 2 atom stereocenters. The summed E-state index contributed by atoms with van der Waals surface area (Å²) in [5, 5.41) is 0. The van der Waals surface area contributed by atoms with Crippen LogP contribution in [-0.2, 0) is 20.9 Å². The average molecular weight is 360 g/mol. The number of hydrogen-bond donors (Lipinski definition) is 0. The lowest BCUT2D eigenvalue weighted by Crippen LogP contribution is -2.46. The molecule has 1 fully saturated rings. The highest BCUT2D eigenvalue weighted by atomic mass is 16.6. The van der Waals surface area contributed by atoms with E-state index < -0.39 is 30.0 Å². The van der Waals surface area contributed by atoms with Crippen LogP contribution in [0.4, 0.5) is 9.59 Å². The van der Waals surface area contributed by atoms with E-state index in [0.29, 0.717) is 0 Å². The van der Waals surface area contributed by atoms with Crippen LogP contribution < -0.4 is 0 Å². The van der Waals surface area contributed by atoms with Gasteiger partial charge >= 0.3 is 12.1 Å². The van der Waals surface area contributed by atoms with E-state index in [1.54, 1.807) is 19.1 Å². The van der Waals surface area contributed by atoms with Crippen molar-refractivity contribution in [2.24, 2.45) is 11.8 Å². The van der Waals surface area contributed by atoms with Crippen LogP contribution in [0, 0.1) is 11.8 Å². The van der Waals surface area contributed by atoms with Crippen LogP contribution in [0.5, 0.6) is 0 Å². The van der Waals surface area contributed by atoms with Gasteiger partial charge in [-0.15, -0.1) is 0 Å². The Balaban J connectivity index is 2.13. The van der Waals surface area contributed by atoms with Crippen LogP contribution >= 0.6 is 0 Å². The minimum atomic E-state index is -0.972. The van der Waals surface area contributed by atoms with Crippen molar-refractivity contribution in [2.45, 2.75) is 40.3 Å². The number of carbonyl (C=O) groups is 4. The maximum atomic E-state index is 12.6. The van der Waals surface area contributed by atoms with Crippen LogP contribution in [0.3, 0.4) is 0 Å². The zero-order chi connectivity index (χ0) is 19.4. The lowest BCUT2D eigenvalue weighted by atomic mass is 9.96. The van der Waals surface area contributed by atoms with Crippen molar-refractivity contribution in [3.63, 3.8) is 0 Å². The fourth-order valence-electron chi connectivity index (χ4n) is 2.61. The molecule has 2 rings (SSSR count). The molecule has 140 valence electrons. The molecule has 1 saturated heterocycles. The van der Waals surface area contributed by atoms with E-state index in [1.807, 2.05) is 32.0 Å². The summed E-state index contributed by atoms with van der Waals surface area (Å²) in [6.07, 6.45) is -0.863. The highest BCUT2D eigenvalue weighted by Crippen LogP contribution is 2.23. The van der Waals surface area contributed by atoms with Gasteiger partial charge in [-0.1, -0.05) is 51.1 Å². The van der Waals surface area contributed by atoms with Gasteiger partial charge in [0.15, 0.2) is 5.78 Å². The Hall–Kier alpha value is -2.70. The van der Waals surface area contributed by atoms with Gasteiger partial charge in [0.1, 0.15) is 12.6 Å². The zero-order valence-corrected chi connectivity index (χ0v) is 15.5. The largest absolute Gasteiger partial charge is 0.444 e. The van der Waals surface area contributed by atoms with Crippen LogP contribution in [0.1, 0.15) is 33.3 Å². The van der Waals surface area contributed by atoms with Crippen molar-refractivity contribution in [1.82, 2.24) is 9.80 Å². The van der Waals surface area contributed by atoms with Crippen molar-refractivity contribution >= 4 is 23.8 Å². The number of Topliss-reactive ketones (excluding diaryl/α,β-unsaturated/α-hetero) is 1. The summed E-state index contributed by atoms with van der Waals surface area (Å²) < 4.78 is 5.16. The topological polar surface area (TPSA) is 84.0 Å². The molecule has 1 aromatic carbocycles. The number of benzene rings is 1. The van der Waals surface area contributed by atoms with Gasteiger partial charge in [0.25, 0.3) is 0 Å². The molecule has 2 unspecified atom stereocenters. The first-order valence-electron chi connectivity index (χ1n) is 8.59. The molecule has 0 N–H and O–H groups in total. The molecule has 7 nitrogen and oxygen atoms in total. The Morgan fingerprint density at radius 2 is 1.77 bits per heavy atom. The zero-order valence-electron chi connectivity index (χ0n) is 15.5. The van der Waals surface area contributed by atoms with Gasteiger partial charge in [-0.05, 0) is 18.4 Å². The van der Waals surface area contributed by atoms with Crippen molar-refractivity contribution in [2.75, 3.05) is 6.54 Å². The number of imide groups is 2. The normalized spacial score (nSPS) is 18.2. The number of nitrogens with zero attached hydrogens (tertiary/aromatic N) is 2. The summed E-state index contributed by atoms with van der Waals surface area (Å²) in [6.45, 7) is 6.55. The molecule has 1 heterocycles. The summed E-state index contributed by atoms with van der Waals surface area (Å²) >= 11 is 0. The van der Waals surface area contributed by atoms with E-state index >= 15 is 0 Å². The Morgan fingerprint density at radius 1 is 1.15 bits per heavy atom. The predicted octanol–water partition coefficient (Wildman–Crippen LogP) is 2.84. The number of ketones is 1. The summed E-state index contributed by atoms with van der Waals surface area (Å²) in [4.78, 5) is 51.2. The molecule has 1 aliphatic heterocycles. The lowest BCUT2D eigenvalue weighted by molar-refractivity contribution is -0.137. The molecular formula is C19H24N2O5. The third-order valence-electron chi connectivity index (χ3n) is 4.63. The predicted molar refractivity (Wildman–Crippen MR) is 94.0 cm³/mol. The molecule has 0 aliphatic carbocycles. The van der Waals surface area contributed by atoms with Gasteiger partial charge in [0.05, 0.1) is 6.54 Å². The second-order valence-electron chi connectivity index (χ2n) is 6.80. The van der Waals surface area contributed by atoms with Crippen molar-refractivity contribution in [3.05, 3.63) is 35.9 Å².